The molecule has 2 aromatic heterocycles. The van der Waals surface area contributed by atoms with E-state index in [1.807, 2.05) is 0 Å². The van der Waals surface area contributed by atoms with Crippen LogP contribution in [-0.2, 0) is 18.3 Å². The highest BCUT2D eigenvalue weighted by Crippen LogP contribution is 2.45. The number of amides is 4. The highest BCUT2D eigenvalue weighted by molar-refractivity contribution is 6.34. The van der Waals surface area contributed by atoms with Gasteiger partial charge < -0.3 is 40.6 Å². The molecule has 7 rings (SSSR count). The lowest BCUT2D eigenvalue weighted by atomic mass is 10.0. The predicted molar refractivity (Wildman–Crippen MR) is 187 cm³/mol. The molecule has 1 unspecified atom stereocenters. The van der Waals surface area contributed by atoms with Crippen LogP contribution >= 0.6 is 11.6 Å². The highest BCUT2D eigenvalue weighted by atomic mass is 35.5. The number of halogens is 3. The summed E-state index contributed by atoms with van der Waals surface area (Å²) in [4.78, 5) is 44.8. The summed E-state index contributed by atoms with van der Waals surface area (Å²) in [5.74, 6) is -2.95. The SMILES string of the molecule is COCCn1ncc(-c2ccc(-c3cnc(C(=O)Nc4ccc(C(=O)NC5[C@H]6CN(C(=O)N[C@@H]7CNC[C@H]7O)C[C@@H]56)c(Cl)c4)n3C)c(F)c2F)c1C. The van der Waals surface area contributed by atoms with Crippen LogP contribution in [0, 0.1) is 30.4 Å². The number of hydrogen-bond donors (Lipinski definition) is 5. The number of benzene rings is 2. The number of aliphatic hydroxyl groups is 1. The molecule has 4 aromatic rings. The molecule has 274 valence electrons. The Morgan fingerprint density at radius 2 is 1.75 bits per heavy atom. The van der Waals surface area contributed by atoms with E-state index in [4.69, 9.17) is 16.3 Å². The summed E-state index contributed by atoms with van der Waals surface area (Å²) in [6.07, 6.45) is 2.16. The van der Waals surface area contributed by atoms with Gasteiger partial charge in [0.25, 0.3) is 11.8 Å². The van der Waals surface area contributed by atoms with Crippen molar-refractivity contribution in [2.24, 2.45) is 18.9 Å². The Hall–Kier alpha value is -4.90. The van der Waals surface area contributed by atoms with Gasteiger partial charge in [-0.15, -0.1) is 0 Å². The van der Waals surface area contributed by atoms with Crippen LogP contribution in [0.2, 0.25) is 5.02 Å². The number of likely N-dealkylation sites (tertiary alicyclic amines) is 1. The van der Waals surface area contributed by atoms with Gasteiger partial charge in [0, 0.05) is 86.3 Å². The van der Waals surface area contributed by atoms with Crippen molar-refractivity contribution in [2.45, 2.75) is 31.7 Å². The van der Waals surface area contributed by atoms with E-state index in [-0.39, 0.29) is 69.1 Å². The molecule has 0 spiro atoms. The molecular formula is C35H38ClF2N9O5. The van der Waals surface area contributed by atoms with Crippen LogP contribution < -0.4 is 21.3 Å². The van der Waals surface area contributed by atoms with Crippen LogP contribution in [0.5, 0.6) is 0 Å². The van der Waals surface area contributed by atoms with E-state index in [1.165, 1.54) is 54.3 Å². The minimum Gasteiger partial charge on any atom is -0.390 e. The van der Waals surface area contributed by atoms with Crippen LogP contribution in [0.25, 0.3) is 22.4 Å². The van der Waals surface area contributed by atoms with Gasteiger partial charge in [-0.1, -0.05) is 17.7 Å². The Kier molecular flexibility index (Phi) is 9.73. The van der Waals surface area contributed by atoms with E-state index < -0.39 is 23.6 Å². The third-order valence-electron chi connectivity index (χ3n) is 10.2. The lowest BCUT2D eigenvalue weighted by molar-refractivity contribution is 0.0943. The molecule has 17 heteroatoms. The summed E-state index contributed by atoms with van der Waals surface area (Å²) in [6.45, 7) is 4.61. The lowest BCUT2D eigenvalue weighted by Gasteiger charge is -2.24. The maximum atomic E-state index is 15.5. The molecule has 4 heterocycles. The number of methoxy groups -OCH3 is 1. The fourth-order valence-corrected chi connectivity index (χ4v) is 7.37. The van der Waals surface area contributed by atoms with E-state index >= 15 is 8.78 Å². The zero-order chi connectivity index (χ0) is 36.8. The van der Waals surface area contributed by atoms with Crippen molar-refractivity contribution in [3.05, 3.63) is 76.5 Å². The van der Waals surface area contributed by atoms with Gasteiger partial charge in [-0.3, -0.25) is 14.3 Å². The van der Waals surface area contributed by atoms with Crippen LogP contribution in [-0.4, -0.2) is 105 Å². The number of imidazole rings is 1. The number of ether oxygens (including phenoxy) is 1. The van der Waals surface area contributed by atoms with Crippen molar-refractivity contribution in [3.8, 4) is 22.4 Å². The minimum absolute atomic E-state index is 0.0577. The van der Waals surface area contributed by atoms with E-state index in [0.29, 0.717) is 56.3 Å². The number of β-amino-alcohol motifs (C(OH)–C–C–N with tert-alkyl or cyclic N) is 1. The minimum atomic E-state index is -1.09. The second-order valence-corrected chi connectivity index (χ2v) is 13.7. The van der Waals surface area contributed by atoms with Gasteiger partial charge in [-0.05, 0) is 31.2 Å². The number of piperidine rings is 1. The zero-order valence-corrected chi connectivity index (χ0v) is 29.4. The van der Waals surface area contributed by atoms with E-state index in [1.54, 1.807) is 23.6 Å². The topological polar surface area (TPSA) is 168 Å². The van der Waals surface area contributed by atoms with Crippen molar-refractivity contribution in [2.75, 3.05) is 45.2 Å². The van der Waals surface area contributed by atoms with Gasteiger partial charge in [0.15, 0.2) is 17.5 Å². The quantitative estimate of drug-likeness (QED) is 0.166. The number of carbonyl (C=O) groups is 3. The number of anilines is 1. The van der Waals surface area contributed by atoms with Gasteiger partial charge in [0.1, 0.15) is 0 Å². The molecule has 3 fully saturated rings. The fourth-order valence-electron chi connectivity index (χ4n) is 7.10. The predicted octanol–water partition coefficient (Wildman–Crippen LogP) is 2.79. The molecule has 3 aliphatic rings. The maximum absolute atomic E-state index is 15.5. The Morgan fingerprint density at radius 3 is 2.44 bits per heavy atom. The number of aromatic nitrogens is 4. The molecule has 5 atom stereocenters. The molecule has 4 amide bonds. The molecule has 2 aliphatic heterocycles. The number of hydrogen-bond acceptors (Lipinski definition) is 8. The first kappa shape index (κ1) is 35.5. The monoisotopic (exact) mass is 737 g/mol. The number of carbonyl (C=O) groups excluding carboxylic acids is 3. The van der Waals surface area contributed by atoms with Gasteiger partial charge in [0.2, 0.25) is 0 Å². The Bertz CT molecular complexity index is 2040. The summed E-state index contributed by atoms with van der Waals surface area (Å²) in [5.41, 5.74) is 1.80. The second kappa shape index (κ2) is 14.3. The molecule has 0 radical (unpaired) electrons. The first-order valence-electron chi connectivity index (χ1n) is 16.8. The molecular weight excluding hydrogens is 700 g/mol. The Morgan fingerprint density at radius 1 is 1.02 bits per heavy atom. The Labute approximate surface area is 302 Å². The fraction of sp³-hybridized carbons (Fsp3) is 0.400. The molecule has 0 bridgehead atoms. The van der Waals surface area contributed by atoms with Gasteiger partial charge >= 0.3 is 6.03 Å². The number of aliphatic hydroxyl groups excluding tert-OH is 1. The largest absolute Gasteiger partial charge is 0.390 e. The third-order valence-corrected chi connectivity index (χ3v) is 10.5. The van der Waals surface area contributed by atoms with Crippen molar-refractivity contribution < 1.29 is 33.0 Å². The average Bonchev–Trinajstić information content (AvgIpc) is 3.65. The van der Waals surface area contributed by atoms with Crippen LogP contribution in [0.4, 0.5) is 19.3 Å². The first-order valence-corrected chi connectivity index (χ1v) is 17.2. The van der Waals surface area contributed by atoms with Crippen LogP contribution in [0.15, 0.2) is 42.7 Å². The normalized spacial score (nSPS) is 22.0. The molecule has 2 aromatic carbocycles. The molecule has 1 saturated carbocycles. The summed E-state index contributed by atoms with van der Waals surface area (Å²) in [6, 6.07) is 6.73. The molecule has 2 saturated heterocycles. The van der Waals surface area contributed by atoms with Crippen molar-refractivity contribution in [3.63, 3.8) is 0 Å². The summed E-state index contributed by atoms with van der Waals surface area (Å²) in [5, 5.41) is 25.9. The van der Waals surface area contributed by atoms with Gasteiger partial charge in [-0.25, -0.2) is 18.6 Å². The number of urea groups is 1. The third kappa shape index (κ3) is 6.62. The molecule has 5 N–H and O–H groups in total. The number of nitrogens with zero attached hydrogens (tertiary/aromatic N) is 5. The average molecular weight is 738 g/mol. The summed E-state index contributed by atoms with van der Waals surface area (Å²) < 4.78 is 39.0. The first-order chi connectivity index (χ1) is 25.0. The van der Waals surface area contributed by atoms with Crippen LogP contribution in [0.3, 0.4) is 0 Å². The smallest absolute Gasteiger partial charge is 0.317 e. The molecule has 14 nitrogen and oxygen atoms in total. The maximum Gasteiger partial charge on any atom is 0.317 e. The van der Waals surface area contributed by atoms with Crippen LogP contribution in [0.1, 0.15) is 26.7 Å². The van der Waals surface area contributed by atoms with E-state index in [9.17, 15) is 19.5 Å². The Balaban J connectivity index is 0.961. The van der Waals surface area contributed by atoms with Crippen molar-refractivity contribution in [1.82, 2.24) is 40.2 Å². The van der Waals surface area contributed by atoms with Gasteiger partial charge in [-0.2, -0.15) is 5.10 Å². The number of rotatable bonds is 10. The van der Waals surface area contributed by atoms with Gasteiger partial charge in [0.05, 0.1) is 54.0 Å². The summed E-state index contributed by atoms with van der Waals surface area (Å²) >= 11 is 6.47. The second-order valence-electron chi connectivity index (χ2n) is 13.3. The number of fused-ring (bicyclic) bond motifs is 1. The summed E-state index contributed by atoms with van der Waals surface area (Å²) in [7, 11) is 3.09. The standard InChI is InChI=1S/C35H38ClF2N9O5/c1-17-22(11-41-47(17)8-9-52-3)19-6-7-21(30(38)29(19)37)27-13-40-32(45(27)2)34(50)42-18-4-5-20(25(36)10-18)33(49)44-31-23-15-46(16-24(23)31)35(51)43-26-12-39-14-28(26)48/h4-7,10-11,13,23-24,26,28,31,39,48H,8-9,12,14-16H2,1-3H3,(H,42,50)(H,43,51)(H,44,49)/t23-,24+,26-,28-,31?/m1/s1. The van der Waals surface area contributed by atoms with Crippen molar-refractivity contribution in [1.29, 1.82) is 0 Å². The zero-order valence-electron chi connectivity index (χ0n) is 28.6. The van der Waals surface area contributed by atoms with E-state index in [2.05, 4.69) is 31.3 Å². The lowest BCUT2D eigenvalue weighted by Crippen LogP contribution is -2.49. The van der Waals surface area contributed by atoms with Crippen molar-refractivity contribution >= 4 is 35.1 Å². The van der Waals surface area contributed by atoms with E-state index in [0.717, 1.165) is 0 Å². The number of nitrogens with one attached hydrogen (secondary N) is 4. The molecule has 52 heavy (non-hydrogen) atoms. The highest BCUT2D eigenvalue weighted by Gasteiger charge is 2.57. The molecule has 1 aliphatic carbocycles.